The van der Waals surface area contributed by atoms with Crippen molar-refractivity contribution in [2.24, 2.45) is 0 Å². The summed E-state index contributed by atoms with van der Waals surface area (Å²) in [5.74, 6) is -0.297. The molecule has 0 saturated heterocycles. The zero-order valence-electron chi connectivity index (χ0n) is 9.17. The Morgan fingerprint density at radius 1 is 1.12 bits per heavy atom. The lowest BCUT2D eigenvalue weighted by atomic mass is 10.1. The molecule has 0 aliphatic carbocycles. The van der Waals surface area contributed by atoms with E-state index in [9.17, 15) is 4.39 Å². The van der Waals surface area contributed by atoms with Crippen LogP contribution in [-0.4, -0.2) is 4.98 Å². The summed E-state index contributed by atoms with van der Waals surface area (Å²) >= 11 is 6.34. The average Bonchev–Trinajstić information content (AvgIpc) is 2.30. The Morgan fingerprint density at radius 2 is 1.94 bits per heavy atom. The number of para-hydroxylation sites is 1. The maximum absolute atomic E-state index is 13.2. The summed E-state index contributed by atoms with van der Waals surface area (Å²) in [4.78, 5) is 4.47. The van der Waals surface area contributed by atoms with Crippen LogP contribution >= 0.6 is 11.6 Å². The first-order valence-corrected chi connectivity index (χ1v) is 5.69. The van der Waals surface area contributed by atoms with Crippen LogP contribution in [0.4, 0.5) is 4.39 Å². The fourth-order valence-corrected chi connectivity index (χ4v) is 2.35. The number of halogens is 2. The maximum Gasteiger partial charge on any atom is 0.125 e. The molecule has 3 aromatic rings. The van der Waals surface area contributed by atoms with Crippen LogP contribution in [0, 0.1) is 12.7 Å². The minimum atomic E-state index is -0.297. The van der Waals surface area contributed by atoms with E-state index in [1.54, 1.807) is 6.07 Å². The highest BCUT2D eigenvalue weighted by Crippen LogP contribution is 2.31. The molecule has 0 atom stereocenters. The minimum absolute atomic E-state index is 0.297. The Balaban J connectivity index is 2.57. The minimum Gasteiger partial charge on any atom is -0.247 e. The zero-order chi connectivity index (χ0) is 12.0. The van der Waals surface area contributed by atoms with Crippen molar-refractivity contribution in [3.05, 3.63) is 52.8 Å². The van der Waals surface area contributed by atoms with Crippen molar-refractivity contribution >= 4 is 33.4 Å². The highest BCUT2D eigenvalue weighted by molar-refractivity contribution is 6.40. The van der Waals surface area contributed by atoms with Crippen LogP contribution in [-0.2, 0) is 0 Å². The van der Waals surface area contributed by atoms with Crippen LogP contribution in [0.15, 0.2) is 36.4 Å². The van der Waals surface area contributed by atoms with Crippen LogP contribution in [0.2, 0.25) is 5.02 Å². The molecular formula is C14H9ClFN. The summed E-state index contributed by atoms with van der Waals surface area (Å²) in [5.41, 5.74) is 2.46. The van der Waals surface area contributed by atoms with E-state index in [4.69, 9.17) is 11.6 Å². The summed E-state index contributed by atoms with van der Waals surface area (Å²) in [6.45, 7) is 1.97. The summed E-state index contributed by atoms with van der Waals surface area (Å²) in [6.07, 6.45) is 0. The van der Waals surface area contributed by atoms with Crippen LogP contribution in [0.25, 0.3) is 21.8 Å². The summed E-state index contributed by atoms with van der Waals surface area (Å²) in [6, 6.07) is 10.3. The predicted molar refractivity (Wildman–Crippen MR) is 69.0 cm³/mol. The third kappa shape index (κ3) is 1.56. The Bertz CT molecular complexity index is 737. The van der Waals surface area contributed by atoms with Crippen molar-refractivity contribution in [3.8, 4) is 0 Å². The highest BCUT2D eigenvalue weighted by Gasteiger charge is 2.08. The van der Waals surface area contributed by atoms with Crippen molar-refractivity contribution in [1.82, 2.24) is 4.98 Å². The molecular weight excluding hydrogens is 237 g/mol. The standard InChI is InChI=1S/C14H9ClFN/c1-8-3-2-4-11-13(15)10-6-5-9(16)7-12(10)17-14(8)11/h2-7H,1H3. The number of fused-ring (bicyclic) bond motifs is 2. The third-order valence-electron chi connectivity index (χ3n) is 2.90. The first kappa shape index (κ1) is 10.5. The Kier molecular flexibility index (Phi) is 2.26. The smallest absolute Gasteiger partial charge is 0.125 e. The molecule has 3 rings (SSSR count). The van der Waals surface area contributed by atoms with Crippen molar-refractivity contribution in [1.29, 1.82) is 0 Å². The fraction of sp³-hybridized carbons (Fsp3) is 0.0714. The van der Waals surface area contributed by atoms with Gasteiger partial charge >= 0.3 is 0 Å². The van der Waals surface area contributed by atoms with Crippen molar-refractivity contribution in [2.45, 2.75) is 6.92 Å². The number of nitrogens with zero attached hydrogens (tertiary/aromatic N) is 1. The van der Waals surface area contributed by atoms with Gasteiger partial charge in [0, 0.05) is 16.8 Å². The Hall–Kier alpha value is -1.67. The summed E-state index contributed by atoms with van der Waals surface area (Å²) in [7, 11) is 0. The zero-order valence-corrected chi connectivity index (χ0v) is 9.92. The van der Waals surface area contributed by atoms with Crippen molar-refractivity contribution in [2.75, 3.05) is 0 Å². The fourth-order valence-electron chi connectivity index (χ4n) is 2.03. The van der Waals surface area contributed by atoms with E-state index in [-0.39, 0.29) is 5.82 Å². The second kappa shape index (κ2) is 3.67. The van der Waals surface area contributed by atoms with Gasteiger partial charge in [-0.25, -0.2) is 9.37 Å². The van der Waals surface area contributed by atoms with Crippen molar-refractivity contribution in [3.63, 3.8) is 0 Å². The molecule has 0 radical (unpaired) electrons. The lowest BCUT2D eigenvalue weighted by Crippen LogP contribution is -1.88. The number of rotatable bonds is 0. The summed E-state index contributed by atoms with van der Waals surface area (Å²) < 4.78 is 13.2. The quantitative estimate of drug-likeness (QED) is 0.532. The van der Waals surface area contributed by atoms with Gasteiger partial charge in [-0.15, -0.1) is 0 Å². The second-order valence-electron chi connectivity index (χ2n) is 4.06. The molecule has 0 fully saturated rings. The van der Waals surface area contributed by atoms with E-state index < -0.39 is 0 Å². The lowest BCUT2D eigenvalue weighted by Gasteiger charge is -2.07. The molecule has 0 spiro atoms. The van der Waals surface area contributed by atoms with Gasteiger partial charge in [-0.2, -0.15) is 0 Å². The van der Waals surface area contributed by atoms with Gasteiger partial charge in [0.2, 0.25) is 0 Å². The van der Waals surface area contributed by atoms with E-state index in [1.807, 2.05) is 25.1 Å². The molecule has 0 saturated carbocycles. The van der Waals surface area contributed by atoms with Crippen LogP contribution in [0.3, 0.4) is 0 Å². The normalized spacial score (nSPS) is 11.2. The molecule has 3 heteroatoms. The molecule has 84 valence electrons. The highest BCUT2D eigenvalue weighted by atomic mass is 35.5. The molecule has 0 aliphatic heterocycles. The van der Waals surface area contributed by atoms with Crippen LogP contribution in [0.1, 0.15) is 5.56 Å². The summed E-state index contributed by atoms with van der Waals surface area (Å²) in [5, 5.41) is 2.32. The Labute approximate surface area is 103 Å². The van der Waals surface area contributed by atoms with Gasteiger partial charge in [0.1, 0.15) is 5.82 Å². The molecule has 0 aliphatic rings. The topological polar surface area (TPSA) is 12.9 Å². The monoisotopic (exact) mass is 245 g/mol. The largest absolute Gasteiger partial charge is 0.247 e. The van der Waals surface area contributed by atoms with E-state index >= 15 is 0 Å². The van der Waals surface area contributed by atoms with Gasteiger partial charge < -0.3 is 0 Å². The van der Waals surface area contributed by atoms with Gasteiger partial charge in [0.05, 0.1) is 16.1 Å². The Morgan fingerprint density at radius 3 is 2.76 bits per heavy atom. The number of hydrogen-bond acceptors (Lipinski definition) is 1. The molecule has 1 aromatic heterocycles. The molecule has 0 unspecified atom stereocenters. The van der Waals surface area contributed by atoms with Gasteiger partial charge in [0.15, 0.2) is 0 Å². The SMILES string of the molecule is Cc1cccc2c(Cl)c3ccc(F)cc3nc12. The number of aromatic nitrogens is 1. The average molecular weight is 246 g/mol. The first-order chi connectivity index (χ1) is 8.16. The first-order valence-electron chi connectivity index (χ1n) is 5.31. The molecule has 17 heavy (non-hydrogen) atoms. The number of benzene rings is 2. The van der Waals surface area contributed by atoms with Gasteiger partial charge in [-0.3, -0.25) is 0 Å². The van der Waals surface area contributed by atoms with Gasteiger partial charge in [0.25, 0.3) is 0 Å². The maximum atomic E-state index is 13.2. The van der Waals surface area contributed by atoms with E-state index in [1.165, 1.54) is 12.1 Å². The van der Waals surface area contributed by atoms with Gasteiger partial charge in [-0.1, -0.05) is 29.8 Å². The van der Waals surface area contributed by atoms with Gasteiger partial charge in [-0.05, 0) is 24.6 Å². The third-order valence-corrected chi connectivity index (χ3v) is 3.31. The van der Waals surface area contributed by atoms with E-state index in [0.29, 0.717) is 10.5 Å². The van der Waals surface area contributed by atoms with E-state index in [0.717, 1.165) is 21.9 Å². The molecule has 2 aromatic carbocycles. The lowest BCUT2D eigenvalue weighted by molar-refractivity contribution is 0.629. The molecule has 0 N–H and O–H groups in total. The van der Waals surface area contributed by atoms with Crippen molar-refractivity contribution < 1.29 is 4.39 Å². The van der Waals surface area contributed by atoms with Crippen LogP contribution in [0.5, 0.6) is 0 Å². The van der Waals surface area contributed by atoms with E-state index in [2.05, 4.69) is 4.98 Å². The molecule has 1 heterocycles. The molecule has 0 amide bonds. The second-order valence-corrected chi connectivity index (χ2v) is 4.44. The number of pyridine rings is 1. The predicted octanol–water partition coefficient (Wildman–Crippen LogP) is 4.49. The molecule has 0 bridgehead atoms. The number of aryl methyl sites for hydroxylation is 1. The van der Waals surface area contributed by atoms with Crippen LogP contribution < -0.4 is 0 Å². The number of hydrogen-bond donors (Lipinski definition) is 0. The molecule has 1 nitrogen and oxygen atoms in total.